The van der Waals surface area contributed by atoms with Crippen molar-refractivity contribution < 1.29 is 14.3 Å². The van der Waals surface area contributed by atoms with Gasteiger partial charge in [-0.15, -0.1) is 0 Å². The van der Waals surface area contributed by atoms with E-state index in [-0.39, 0.29) is 11.8 Å². The number of benzene rings is 1. The molecule has 1 aromatic rings. The lowest BCUT2D eigenvalue weighted by Crippen LogP contribution is -2.56. The minimum Gasteiger partial charge on any atom is -0.436 e. The molecule has 0 spiro atoms. The summed E-state index contributed by atoms with van der Waals surface area (Å²) in [6.45, 7) is 8.45. The first-order valence-electron chi connectivity index (χ1n) is 9.92. The Bertz CT molecular complexity index is 635. The second-order valence-corrected chi connectivity index (χ2v) is 8.45. The number of carbonyl (C=O) groups is 2. The van der Waals surface area contributed by atoms with Crippen LogP contribution < -0.4 is 5.73 Å². The van der Waals surface area contributed by atoms with Crippen LogP contribution in [-0.2, 0) is 16.1 Å². The fraction of sp³-hybridized carbons (Fsp3) is 0.619. The number of ether oxygens (including phenoxy) is 1. The average molecular weight is 373 g/mol. The average Bonchev–Trinajstić information content (AvgIpc) is 2.60. The molecule has 2 aliphatic rings. The van der Waals surface area contributed by atoms with Gasteiger partial charge in [0.15, 0.2) is 6.10 Å². The molecule has 3 rings (SSSR count). The first-order valence-corrected chi connectivity index (χ1v) is 9.92. The van der Waals surface area contributed by atoms with Crippen LogP contribution in [0.5, 0.6) is 0 Å². The van der Waals surface area contributed by atoms with Gasteiger partial charge < -0.3 is 15.4 Å². The number of likely N-dealkylation sites (tertiary alicyclic amines) is 2. The molecule has 3 atom stereocenters. The van der Waals surface area contributed by atoms with Crippen molar-refractivity contribution in [3.05, 3.63) is 35.9 Å². The first kappa shape index (κ1) is 19.7. The number of fused-ring (bicyclic) bond motifs is 2. The van der Waals surface area contributed by atoms with Crippen LogP contribution in [-0.4, -0.2) is 54.1 Å². The normalized spacial score (nSPS) is 23.9. The van der Waals surface area contributed by atoms with Gasteiger partial charge in [0.05, 0.1) is 0 Å². The SMILES string of the molecule is CC(C)CC(OC(N)=O)C(=O)N1CC2CC(CN(Cc3ccccc3)C2)C1. The maximum atomic E-state index is 13.0. The summed E-state index contributed by atoms with van der Waals surface area (Å²) >= 11 is 0. The van der Waals surface area contributed by atoms with E-state index in [2.05, 4.69) is 29.2 Å². The van der Waals surface area contributed by atoms with Gasteiger partial charge in [-0.25, -0.2) is 4.79 Å². The summed E-state index contributed by atoms with van der Waals surface area (Å²) in [5.41, 5.74) is 6.51. The summed E-state index contributed by atoms with van der Waals surface area (Å²) < 4.78 is 5.14. The van der Waals surface area contributed by atoms with E-state index in [1.165, 1.54) is 12.0 Å². The molecule has 2 N–H and O–H groups in total. The van der Waals surface area contributed by atoms with Gasteiger partial charge in [0.2, 0.25) is 0 Å². The predicted octanol–water partition coefficient (Wildman–Crippen LogP) is 2.48. The van der Waals surface area contributed by atoms with Crippen LogP contribution in [0.2, 0.25) is 0 Å². The lowest BCUT2D eigenvalue weighted by Gasteiger charge is -2.46. The van der Waals surface area contributed by atoms with Gasteiger partial charge in [0.1, 0.15) is 0 Å². The minimum absolute atomic E-state index is 0.0892. The molecule has 0 saturated carbocycles. The highest BCUT2D eigenvalue weighted by Crippen LogP contribution is 2.30. The third kappa shape index (κ3) is 5.45. The summed E-state index contributed by atoms with van der Waals surface area (Å²) in [6.07, 6.45) is 0.0379. The van der Waals surface area contributed by atoms with Crippen LogP contribution in [0.25, 0.3) is 0 Å². The van der Waals surface area contributed by atoms with E-state index in [0.29, 0.717) is 18.3 Å². The number of rotatable bonds is 6. The van der Waals surface area contributed by atoms with Crippen LogP contribution in [0.15, 0.2) is 30.3 Å². The van der Waals surface area contributed by atoms with Crippen molar-refractivity contribution >= 4 is 12.0 Å². The van der Waals surface area contributed by atoms with E-state index in [0.717, 1.165) is 32.7 Å². The smallest absolute Gasteiger partial charge is 0.405 e. The van der Waals surface area contributed by atoms with E-state index in [1.54, 1.807) is 0 Å². The van der Waals surface area contributed by atoms with Crippen LogP contribution >= 0.6 is 0 Å². The van der Waals surface area contributed by atoms with E-state index in [4.69, 9.17) is 10.5 Å². The quantitative estimate of drug-likeness (QED) is 0.831. The van der Waals surface area contributed by atoms with Gasteiger partial charge in [0, 0.05) is 32.7 Å². The Balaban J connectivity index is 1.60. The summed E-state index contributed by atoms with van der Waals surface area (Å²) in [7, 11) is 0. The zero-order valence-electron chi connectivity index (χ0n) is 16.3. The van der Waals surface area contributed by atoms with Crippen molar-refractivity contribution in [3.63, 3.8) is 0 Å². The van der Waals surface area contributed by atoms with Crippen molar-refractivity contribution in [1.82, 2.24) is 9.80 Å². The Morgan fingerprint density at radius 1 is 1.11 bits per heavy atom. The molecule has 3 unspecified atom stereocenters. The minimum atomic E-state index is -0.875. The largest absolute Gasteiger partial charge is 0.436 e. The molecule has 2 aliphatic heterocycles. The highest BCUT2D eigenvalue weighted by atomic mass is 16.6. The van der Waals surface area contributed by atoms with Crippen LogP contribution in [0.1, 0.15) is 32.3 Å². The molecule has 0 aromatic heterocycles. The van der Waals surface area contributed by atoms with Gasteiger partial charge in [0.25, 0.3) is 5.91 Å². The van der Waals surface area contributed by atoms with Crippen molar-refractivity contribution in [2.75, 3.05) is 26.2 Å². The maximum absolute atomic E-state index is 13.0. The van der Waals surface area contributed by atoms with E-state index in [1.807, 2.05) is 24.8 Å². The molecule has 2 bridgehead atoms. The number of carbonyl (C=O) groups excluding carboxylic acids is 2. The number of nitrogens with two attached hydrogens (primary N) is 1. The van der Waals surface area contributed by atoms with Gasteiger partial charge in [-0.3, -0.25) is 9.69 Å². The standard InChI is InChI=1S/C21H31N3O3/c1-15(2)8-19(27-21(22)26)20(25)24-13-17-9-18(14-24)12-23(11-17)10-16-6-4-3-5-7-16/h3-7,15,17-19H,8-14H2,1-2H3,(H2,22,26). The second kappa shape index (κ2) is 8.74. The van der Waals surface area contributed by atoms with Crippen molar-refractivity contribution in [3.8, 4) is 0 Å². The molecule has 0 radical (unpaired) electrons. The molecule has 2 heterocycles. The molecule has 2 amide bonds. The fourth-order valence-corrected chi connectivity index (χ4v) is 4.51. The summed E-state index contributed by atoms with van der Waals surface area (Å²) in [5.74, 6) is 1.11. The molecule has 1 aromatic carbocycles. The van der Waals surface area contributed by atoms with Crippen LogP contribution in [0.4, 0.5) is 4.79 Å². The molecule has 6 heteroatoms. The number of piperidine rings is 2. The lowest BCUT2D eigenvalue weighted by molar-refractivity contribution is -0.145. The van der Waals surface area contributed by atoms with E-state index < -0.39 is 12.2 Å². The third-order valence-electron chi connectivity index (χ3n) is 5.44. The molecule has 2 saturated heterocycles. The monoisotopic (exact) mass is 373 g/mol. The molecule has 2 fully saturated rings. The first-order chi connectivity index (χ1) is 12.9. The number of nitrogens with zero attached hydrogens (tertiary/aromatic N) is 2. The van der Waals surface area contributed by atoms with Gasteiger partial charge in [-0.2, -0.15) is 0 Å². The van der Waals surface area contributed by atoms with Crippen LogP contribution in [0, 0.1) is 17.8 Å². The number of primary amides is 1. The predicted molar refractivity (Wildman–Crippen MR) is 104 cm³/mol. The Labute approximate surface area is 161 Å². The van der Waals surface area contributed by atoms with Crippen molar-refractivity contribution in [2.24, 2.45) is 23.5 Å². The van der Waals surface area contributed by atoms with E-state index in [9.17, 15) is 9.59 Å². The Hall–Kier alpha value is -2.08. The number of hydrogen-bond donors (Lipinski definition) is 1. The van der Waals surface area contributed by atoms with Gasteiger partial charge >= 0.3 is 6.09 Å². The zero-order chi connectivity index (χ0) is 19.4. The van der Waals surface area contributed by atoms with Crippen molar-refractivity contribution in [2.45, 2.75) is 39.3 Å². The van der Waals surface area contributed by atoms with Gasteiger partial charge in [-0.1, -0.05) is 44.2 Å². The Morgan fingerprint density at radius 3 is 2.30 bits per heavy atom. The number of hydrogen-bond acceptors (Lipinski definition) is 4. The summed E-state index contributed by atoms with van der Waals surface area (Å²) in [5, 5.41) is 0. The van der Waals surface area contributed by atoms with Crippen molar-refractivity contribution in [1.29, 1.82) is 0 Å². The van der Waals surface area contributed by atoms with Gasteiger partial charge in [-0.05, 0) is 36.2 Å². The highest BCUT2D eigenvalue weighted by molar-refractivity contribution is 5.83. The third-order valence-corrected chi connectivity index (χ3v) is 5.44. The maximum Gasteiger partial charge on any atom is 0.405 e. The molecule has 0 aliphatic carbocycles. The second-order valence-electron chi connectivity index (χ2n) is 8.45. The molecule has 27 heavy (non-hydrogen) atoms. The Morgan fingerprint density at radius 2 is 1.74 bits per heavy atom. The lowest BCUT2D eigenvalue weighted by atomic mass is 9.84. The zero-order valence-corrected chi connectivity index (χ0v) is 16.3. The molecular formula is C21H31N3O3. The number of amides is 2. The highest BCUT2D eigenvalue weighted by Gasteiger charge is 2.38. The fourth-order valence-electron chi connectivity index (χ4n) is 4.51. The molecule has 148 valence electrons. The summed E-state index contributed by atoms with van der Waals surface area (Å²) in [4.78, 5) is 28.6. The molecular weight excluding hydrogens is 342 g/mol. The topological polar surface area (TPSA) is 75.9 Å². The molecule has 6 nitrogen and oxygen atoms in total. The summed E-state index contributed by atoms with van der Waals surface area (Å²) in [6, 6.07) is 10.5. The van der Waals surface area contributed by atoms with E-state index >= 15 is 0 Å². The Kier molecular flexibility index (Phi) is 6.37. The van der Waals surface area contributed by atoms with Crippen LogP contribution in [0.3, 0.4) is 0 Å².